The minimum atomic E-state index is -1.94. The third-order valence-corrected chi connectivity index (χ3v) is 5.43. The van der Waals surface area contributed by atoms with E-state index in [-0.39, 0.29) is 18.1 Å². The number of rotatable bonds is 4. The number of hydrogen-bond donors (Lipinski definition) is 2. The minimum Gasteiger partial charge on any atom is -0.470 e. The zero-order valence-corrected chi connectivity index (χ0v) is 15.2. The summed E-state index contributed by atoms with van der Waals surface area (Å²) in [6.45, 7) is 0.212. The van der Waals surface area contributed by atoms with E-state index in [1.54, 1.807) is 6.08 Å². The number of fused-ring (bicyclic) bond motifs is 2. The normalized spacial score (nSPS) is 29.5. The van der Waals surface area contributed by atoms with E-state index >= 15 is 0 Å². The fraction of sp³-hybridized carbons (Fsp3) is 0.400. The molecule has 0 fully saturated rings. The molecule has 0 amide bonds. The molecule has 2 aromatic rings. The highest BCUT2D eigenvalue weighted by molar-refractivity contribution is 6.07. The van der Waals surface area contributed by atoms with Crippen LogP contribution in [0.3, 0.4) is 0 Å². The van der Waals surface area contributed by atoms with Crippen LogP contribution in [-0.2, 0) is 6.61 Å². The van der Waals surface area contributed by atoms with Crippen molar-refractivity contribution in [1.82, 2.24) is 10.1 Å². The molecule has 7 heteroatoms. The van der Waals surface area contributed by atoms with E-state index in [1.165, 1.54) is 6.08 Å². The van der Waals surface area contributed by atoms with Gasteiger partial charge in [-0.2, -0.15) is 0 Å². The van der Waals surface area contributed by atoms with Crippen molar-refractivity contribution < 1.29 is 24.3 Å². The third-order valence-electron chi connectivity index (χ3n) is 5.43. The molecule has 0 saturated carbocycles. The van der Waals surface area contributed by atoms with Crippen molar-refractivity contribution in [3.63, 3.8) is 0 Å². The summed E-state index contributed by atoms with van der Waals surface area (Å²) in [5, 5.41) is 25.6. The molecule has 0 bridgehead atoms. The Balaban J connectivity index is 1.74. The summed E-state index contributed by atoms with van der Waals surface area (Å²) >= 11 is 0. The topological polar surface area (TPSA) is 96.0 Å². The van der Waals surface area contributed by atoms with Crippen LogP contribution in [0.4, 0.5) is 0 Å². The maximum Gasteiger partial charge on any atom is 0.265 e. The number of carbonyl (C=O) groups is 1. The summed E-state index contributed by atoms with van der Waals surface area (Å²) in [5.41, 5.74) is -0.913. The highest BCUT2D eigenvalue weighted by atomic mass is 16.5. The van der Waals surface area contributed by atoms with Crippen molar-refractivity contribution in [2.75, 3.05) is 14.1 Å². The van der Waals surface area contributed by atoms with Crippen molar-refractivity contribution in [2.24, 2.45) is 5.92 Å². The van der Waals surface area contributed by atoms with Crippen molar-refractivity contribution in [3.05, 3.63) is 59.4 Å². The molecule has 0 spiro atoms. The first-order chi connectivity index (χ1) is 12.9. The van der Waals surface area contributed by atoms with Crippen molar-refractivity contribution in [1.29, 1.82) is 0 Å². The van der Waals surface area contributed by atoms with Crippen LogP contribution >= 0.6 is 0 Å². The number of aromatic nitrogens is 1. The number of aliphatic hydroxyl groups excluding tert-OH is 1. The highest BCUT2D eigenvalue weighted by Gasteiger charge is 2.60. The van der Waals surface area contributed by atoms with Crippen LogP contribution in [0.1, 0.15) is 34.1 Å². The Labute approximate surface area is 156 Å². The van der Waals surface area contributed by atoms with E-state index in [0.717, 1.165) is 5.56 Å². The van der Waals surface area contributed by atoms with E-state index in [0.29, 0.717) is 12.2 Å². The molecule has 4 atom stereocenters. The van der Waals surface area contributed by atoms with E-state index in [1.807, 2.05) is 49.3 Å². The average molecular weight is 370 g/mol. The summed E-state index contributed by atoms with van der Waals surface area (Å²) in [4.78, 5) is 15.1. The van der Waals surface area contributed by atoms with Crippen LogP contribution in [0.25, 0.3) is 0 Å². The SMILES string of the molecule is CN(C)[C@@H]1c2onc(OCc3ccccc3)c2C(=O)[C@@]2(O)[C@H](O)C=CC[C@@H]12. The third kappa shape index (κ3) is 2.70. The van der Waals surface area contributed by atoms with Crippen LogP contribution in [-0.4, -0.2) is 51.9 Å². The first-order valence-corrected chi connectivity index (χ1v) is 8.89. The Bertz CT molecular complexity index is 876. The molecule has 1 heterocycles. The molecular weight excluding hydrogens is 348 g/mol. The van der Waals surface area contributed by atoms with E-state index < -0.39 is 29.4 Å². The number of allylic oxidation sites excluding steroid dienone is 1. The van der Waals surface area contributed by atoms with Gasteiger partial charge >= 0.3 is 0 Å². The van der Waals surface area contributed by atoms with Gasteiger partial charge in [0.05, 0.1) is 6.04 Å². The molecule has 1 aromatic heterocycles. The molecule has 2 aliphatic carbocycles. The zero-order chi connectivity index (χ0) is 19.2. The molecule has 4 rings (SSSR count). The Morgan fingerprint density at radius 2 is 2.07 bits per heavy atom. The monoisotopic (exact) mass is 370 g/mol. The molecule has 0 saturated heterocycles. The number of nitrogens with zero attached hydrogens (tertiary/aromatic N) is 2. The fourth-order valence-electron chi connectivity index (χ4n) is 4.07. The summed E-state index contributed by atoms with van der Waals surface area (Å²) in [7, 11) is 3.67. The molecule has 0 radical (unpaired) electrons. The maximum absolute atomic E-state index is 13.2. The molecule has 142 valence electrons. The fourth-order valence-corrected chi connectivity index (χ4v) is 4.07. The Morgan fingerprint density at radius 3 is 2.78 bits per heavy atom. The average Bonchev–Trinajstić information content (AvgIpc) is 3.07. The lowest BCUT2D eigenvalue weighted by Crippen LogP contribution is -2.61. The van der Waals surface area contributed by atoms with Crippen LogP contribution in [0.5, 0.6) is 5.88 Å². The van der Waals surface area contributed by atoms with Gasteiger partial charge in [-0.15, -0.1) is 0 Å². The highest BCUT2D eigenvalue weighted by Crippen LogP contribution is 2.50. The molecule has 27 heavy (non-hydrogen) atoms. The van der Waals surface area contributed by atoms with Gasteiger partial charge in [-0.25, -0.2) is 0 Å². The standard InChI is InChI=1S/C20H22N2O5/c1-22(2)16-13-9-6-10-14(23)20(13,25)18(24)15-17(16)27-21-19(15)26-11-12-7-4-3-5-8-12/h3-8,10,13-14,16,23,25H,9,11H2,1-2H3/t13-,14+,16-,20-/m0/s1. The number of benzene rings is 1. The van der Waals surface area contributed by atoms with Crippen LogP contribution < -0.4 is 4.74 Å². The van der Waals surface area contributed by atoms with Crippen LogP contribution in [0.15, 0.2) is 47.0 Å². The predicted molar refractivity (Wildman–Crippen MR) is 96.2 cm³/mol. The van der Waals surface area contributed by atoms with Gasteiger partial charge < -0.3 is 19.5 Å². The lowest BCUT2D eigenvalue weighted by atomic mass is 9.64. The molecule has 2 aliphatic rings. The van der Waals surface area contributed by atoms with Crippen LogP contribution in [0, 0.1) is 5.92 Å². The first kappa shape index (κ1) is 17.9. The lowest BCUT2D eigenvalue weighted by molar-refractivity contribution is -0.0974. The number of ether oxygens (including phenoxy) is 1. The van der Waals surface area contributed by atoms with E-state index in [2.05, 4.69) is 5.16 Å². The molecule has 1 aromatic carbocycles. The van der Waals surface area contributed by atoms with Crippen molar-refractivity contribution >= 4 is 5.78 Å². The summed E-state index contributed by atoms with van der Waals surface area (Å²) in [6.07, 6.45) is 2.39. The number of Topliss-reactive ketones (excluding diaryl/α,β-unsaturated/α-hetero) is 1. The number of ketones is 1. The van der Waals surface area contributed by atoms with E-state index in [4.69, 9.17) is 9.26 Å². The van der Waals surface area contributed by atoms with Gasteiger partial charge in [0.2, 0.25) is 5.78 Å². The van der Waals surface area contributed by atoms with Gasteiger partial charge in [0.25, 0.3) is 5.88 Å². The Hall–Kier alpha value is -2.48. The van der Waals surface area contributed by atoms with E-state index in [9.17, 15) is 15.0 Å². The number of carbonyl (C=O) groups excluding carboxylic acids is 1. The van der Waals surface area contributed by atoms with Gasteiger partial charge in [-0.05, 0) is 31.2 Å². The molecule has 0 aliphatic heterocycles. The zero-order valence-electron chi connectivity index (χ0n) is 15.2. The second-order valence-electron chi connectivity index (χ2n) is 7.28. The second kappa shape index (κ2) is 6.60. The molecule has 7 nitrogen and oxygen atoms in total. The van der Waals surface area contributed by atoms with Gasteiger partial charge in [-0.3, -0.25) is 9.69 Å². The van der Waals surface area contributed by atoms with Gasteiger partial charge in [-0.1, -0.05) is 42.5 Å². The number of aliphatic hydroxyl groups is 2. The summed E-state index contributed by atoms with van der Waals surface area (Å²) in [6, 6.07) is 9.07. The molecule has 0 unspecified atom stereocenters. The van der Waals surface area contributed by atoms with Crippen LogP contribution in [0.2, 0.25) is 0 Å². The Morgan fingerprint density at radius 1 is 1.33 bits per heavy atom. The van der Waals surface area contributed by atoms with Crippen molar-refractivity contribution in [2.45, 2.75) is 30.8 Å². The quantitative estimate of drug-likeness (QED) is 0.791. The summed E-state index contributed by atoms with van der Waals surface area (Å²) < 4.78 is 11.2. The molecule has 2 N–H and O–H groups in total. The van der Waals surface area contributed by atoms with Gasteiger partial charge in [0.1, 0.15) is 18.3 Å². The minimum absolute atomic E-state index is 0.0410. The smallest absolute Gasteiger partial charge is 0.265 e. The largest absolute Gasteiger partial charge is 0.470 e. The predicted octanol–water partition coefficient (Wildman–Crippen LogP) is 1.72. The van der Waals surface area contributed by atoms with Crippen molar-refractivity contribution in [3.8, 4) is 5.88 Å². The second-order valence-corrected chi connectivity index (χ2v) is 7.28. The number of hydrogen-bond acceptors (Lipinski definition) is 7. The summed E-state index contributed by atoms with van der Waals surface area (Å²) in [5.74, 6) is -0.742. The lowest BCUT2D eigenvalue weighted by Gasteiger charge is -2.47. The first-order valence-electron chi connectivity index (χ1n) is 8.89. The van der Waals surface area contributed by atoms with Gasteiger partial charge in [0, 0.05) is 5.92 Å². The maximum atomic E-state index is 13.2. The molecular formula is C20H22N2O5. The van der Waals surface area contributed by atoms with Gasteiger partial charge in [0.15, 0.2) is 11.4 Å². The Kier molecular flexibility index (Phi) is 4.38.